The van der Waals surface area contributed by atoms with E-state index in [-0.39, 0.29) is 0 Å². The molecular weight excluding hydrogens is 206 g/mol. The number of rotatable bonds is 4. The predicted molar refractivity (Wildman–Crippen MR) is 74.0 cm³/mol. The van der Waals surface area contributed by atoms with Crippen LogP contribution in [0.15, 0.2) is 30.3 Å². The molecule has 0 bridgehead atoms. The maximum absolute atomic E-state index is 2.66. The van der Waals surface area contributed by atoms with Crippen molar-refractivity contribution in [3.63, 3.8) is 0 Å². The van der Waals surface area contributed by atoms with Gasteiger partial charge in [-0.15, -0.1) is 0 Å². The number of hydrogen-bond acceptors (Lipinski definition) is 1. The molecule has 1 aromatic carbocycles. The molecule has 0 aliphatic carbocycles. The van der Waals surface area contributed by atoms with Crippen molar-refractivity contribution in [2.24, 2.45) is 5.92 Å². The lowest BCUT2D eigenvalue weighted by Crippen LogP contribution is -2.28. The highest BCUT2D eigenvalue weighted by molar-refractivity contribution is 5.14. The minimum Gasteiger partial charge on any atom is -0.299 e. The van der Waals surface area contributed by atoms with E-state index in [0.717, 1.165) is 12.5 Å². The van der Waals surface area contributed by atoms with Gasteiger partial charge in [-0.25, -0.2) is 0 Å². The van der Waals surface area contributed by atoms with Crippen molar-refractivity contribution in [2.75, 3.05) is 13.1 Å². The van der Waals surface area contributed by atoms with E-state index in [9.17, 15) is 0 Å². The predicted octanol–water partition coefficient (Wildman–Crippen LogP) is 4.09. The Hall–Kier alpha value is -0.820. The van der Waals surface area contributed by atoms with Gasteiger partial charge in [0.25, 0.3) is 0 Å². The first-order valence-electron chi connectivity index (χ1n) is 7.14. The summed E-state index contributed by atoms with van der Waals surface area (Å²) in [4.78, 5) is 2.66. The highest BCUT2D eigenvalue weighted by atomic mass is 15.1. The molecule has 1 unspecified atom stereocenters. The third-order valence-electron chi connectivity index (χ3n) is 3.80. The zero-order chi connectivity index (χ0) is 11.9. The first-order valence-corrected chi connectivity index (χ1v) is 7.14. The van der Waals surface area contributed by atoms with Crippen LogP contribution >= 0.6 is 0 Å². The molecule has 1 aliphatic heterocycles. The molecule has 1 nitrogen and oxygen atoms in total. The fourth-order valence-corrected chi connectivity index (χ4v) is 2.95. The van der Waals surface area contributed by atoms with E-state index in [2.05, 4.69) is 42.2 Å². The molecule has 1 fully saturated rings. The SMILES string of the molecule is CCCC1CCCCN(Cc2ccccc2)C1. The Kier molecular flexibility index (Phi) is 5.06. The molecule has 94 valence electrons. The quantitative estimate of drug-likeness (QED) is 0.754. The van der Waals surface area contributed by atoms with Crippen LogP contribution in [0.4, 0.5) is 0 Å². The molecule has 0 radical (unpaired) electrons. The Morgan fingerprint density at radius 1 is 1.18 bits per heavy atom. The van der Waals surface area contributed by atoms with Gasteiger partial charge in [-0.05, 0) is 37.3 Å². The lowest BCUT2D eigenvalue weighted by molar-refractivity contribution is 0.234. The van der Waals surface area contributed by atoms with Crippen LogP contribution in [0.3, 0.4) is 0 Å². The summed E-state index contributed by atoms with van der Waals surface area (Å²) in [5.74, 6) is 0.936. The van der Waals surface area contributed by atoms with Crippen molar-refractivity contribution in [1.82, 2.24) is 4.90 Å². The molecule has 0 saturated carbocycles. The second-order valence-electron chi connectivity index (χ2n) is 5.37. The number of hydrogen-bond donors (Lipinski definition) is 0. The highest BCUT2D eigenvalue weighted by Gasteiger charge is 2.17. The third-order valence-corrected chi connectivity index (χ3v) is 3.80. The molecule has 1 saturated heterocycles. The summed E-state index contributed by atoms with van der Waals surface area (Å²) >= 11 is 0. The topological polar surface area (TPSA) is 3.24 Å². The van der Waals surface area contributed by atoms with E-state index in [4.69, 9.17) is 0 Å². The first kappa shape index (κ1) is 12.6. The second-order valence-corrected chi connectivity index (χ2v) is 5.37. The van der Waals surface area contributed by atoms with Crippen LogP contribution in [-0.2, 0) is 6.54 Å². The van der Waals surface area contributed by atoms with Crippen LogP contribution in [0.5, 0.6) is 0 Å². The molecule has 17 heavy (non-hydrogen) atoms. The van der Waals surface area contributed by atoms with E-state index < -0.39 is 0 Å². The van der Waals surface area contributed by atoms with Crippen LogP contribution in [0.25, 0.3) is 0 Å². The van der Waals surface area contributed by atoms with Gasteiger partial charge >= 0.3 is 0 Å². The van der Waals surface area contributed by atoms with Gasteiger partial charge in [0.15, 0.2) is 0 Å². The highest BCUT2D eigenvalue weighted by Crippen LogP contribution is 2.21. The minimum atomic E-state index is 0.936. The van der Waals surface area contributed by atoms with Gasteiger partial charge < -0.3 is 0 Å². The van der Waals surface area contributed by atoms with Crippen molar-refractivity contribution in [1.29, 1.82) is 0 Å². The monoisotopic (exact) mass is 231 g/mol. The van der Waals surface area contributed by atoms with Crippen LogP contribution in [-0.4, -0.2) is 18.0 Å². The fraction of sp³-hybridized carbons (Fsp3) is 0.625. The molecular formula is C16H25N. The summed E-state index contributed by atoms with van der Waals surface area (Å²) in [5.41, 5.74) is 1.46. The Morgan fingerprint density at radius 2 is 2.00 bits per heavy atom. The summed E-state index contributed by atoms with van der Waals surface area (Å²) in [6, 6.07) is 10.9. The van der Waals surface area contributed by atoms with E-state index in [1.54, 1.807) is 0 Å². The standard InChI is InChI=1S/C16H25N/c1-2-8-15-11-6-7-12-17(13-15)14-16-9-4-3-5-10-16/h3-5,9-10,15H,2,6-8,11-14H2,1H3. The average Bonchev–Trinajstić information content (AvgIpc) is 2.56. The zero-order valence-corrected chi connectivity index (χ0v) is 11.1. The maximum Gasteiger partial charge on any atom is 0.0233 e. The van der Waals surface area contributed by atoms with Gasteiger partial charge in [0.1, 0.15) is 0 Å². The van der Waals surface area contributed by atoms with Gasteiger partial charge in [0.05, 0.1) is 0 Å². The second kappa shape index (κ2) is 6.80. The van der Waals surface area contributed by atoms with Gasteiger partial charge in [-0.3, -0.25) is 4.90 Å². The van der Waals surface area contributed by atoms with E-state index in [1.165, 1.54) is 50.8 Å². The van der Waals surface area contributed by atoms with Gasteiger partial charge in [0.2, 0.25) is 0 Å². The van der Waals surface area contributed by atoms with Crippen LogP contribution in [0.1, 0.15) is 44.6 Å². The average molecular weight is 231 g/mol. The Labute approximate surface area is 106 Å². The molecule has 1 aliphatic rings. The van der Waals surface area contributed by atoms with Crippen molar-refractivity contribution < 1.29 is 0 Å². The fourth-order valence-electron chi connectivity index (χ4n) is 2.95. The maximum atomic E-state index is 2.66. The third kappa shape index (κ3) is 4.16. The summed E-state index contributed by atoms with van der Waals surface area (Å²) in [5, 5.41) is 0. The van der Waals surface area contributed by atoms with Gasteiger partial charge in [0, 0.05) is 13.1 Å². The minimum absolute atomic E-state index is 0.936. The summed E-state index contributed by atoms with van der Waals surface area (Å²) in [6.45, 7) is 6.05. The molecule has 0 amide bonds. The van der Waals surface area contributed by atoms with Crippen LogP contribution in [0.2, 0.25) is 0 Å². The first-order chi connectivity index (χ1) is 8.38. The largest absolute Gasteiger partial charge is 0.299 e. The number of benzene rings is 1. The number of nitrogens with zero attached hydrogens (tertiary/aromatic N) is 1. The van der Waals surface area contributed by atoms with E-state index >= 15 is 0 Å². The lowest BCUT2D eigenvalue weighted by Gasteiger charge is -2.24. The lowest BCUT2D eigenvalue weighted by atomic mass is 9.98. The van der Waals surface area contributed by atoms with Crippen molar-refractivity contribution >= 4 is 0 Å². The van der Waals surface area contributed by atoms with E-state index in [0.29, 0.717) is 0 Å². The normalized spacial score (nSPS) is 22.3. The van der Waals surface area contributed by atoms with Crippen LogP contribution < -0.4 is 0 Å². The molecule has 0 N–H and O–H groups in total. The van der Waals surface area contributed by atoms with Crippen molar-refractivity contribution in [3.05, 3.63) is 35.9 Å². The Bertz CT molecular complexity index is 307. The van der Waals surface area contributed by atoms with Crippen molar-refractivity contribution in [3.8, 4) is 0 Å². The molecule has 0 aromatic heterocycles. The van der Waals surface area contributed by atoms with Crippen molar-refractivity contribution in [2.45, 2.75) is 45.6 Å². The summed E-state index contributed by atoms with van der Waals surface area (Å²) < 4.78 is 0. The summed E-state index contributed by atoms with van der Waals surface area (Å²) in [6.07, 6.45) is 7.00. The molecule has 1 heteroatoms. The molecule has 1 aromatic rings. The van der Waals surface area contributed by atoms with Crippen LogP contribution in [0, 0.1) is 5.92 Å². The Morgan fingerprint density at radius 3 is 2.76 bits per heavy atom. The van der Waals surface area contributed by atoms with Gasteiger partial charge in [-0.2, -0.15) is 0 Å². The van der Waals surface area contributed by atoms with E-state index in [1.807, 2.05) is 0 Å². The molecule has 1 heterocycles. The summed E-state index contributed by atoms with van der Waals surface area (Å²) in [7, 11) is 0. The molecule has 1 atom stereocenters. The Balaban J connectivity index is 1.90. The molecule has 2 rings (SSSR count). The molecule has 0 spiro atoms. The zero-order valence-electron chi connectivity index (χ0n) is 11.1. The number of likely N-dealkylation sites (tertiary alicyclic amines) is 1. The smallest absolute Gasteiger partial charge is 0.0233 e. The van der Waals surface area contributed by atoms with Gasteiger partial charge in [-0.1, -0.05) is 50.1 Å².